The van der Waals surface area contributed by atoms with Gasteiger partial charge in [-0.2, -0.15) is 4.98 Å². The number of pyridine rings is 1. The Balaban J connectivity index is 1.63. The van der Waals surface area contributed by atoms with E-state index in [0.717, 1.165) is 28.0 Å². The first-order valence-electron chi connectivity index (χ1n) is 8.70. The number of fused-ring (bicyclic) bond motifs is 1. The van der Waals surface area contributed by atoms with Gasteiger partial charge >= 0.3 is 0 Å². The molecule has 0 aliphatic heterocycles. The Morgan fingerprint density at radius 2 is 1.78 bits per heavy atom. The molecule has 0 fully saturated rings. The predicted molar refractivity (Wildman–Crippen MR) is 106 cm³/mol. The minimum absolute atomic E-state index is 0.0363. The van der Waals surface area contributed by atoms with Gasteiger partial charge in [-0.05, 0) is 35.4 Å². The highest BCUT2D eigenvalue weighted by atomic mass is 16.1. The number of carbonyl (C=O) groups excluding carboxylic acids is 1. The molecule has 0 atom stereocenters. The molecule has 0 aliphatic rings. The monoisotopic (exact) mass is 357 g/mol. The molecule has 27 heavy (non-hydrogen) atoms. The quantitative estimate of drug-likeness (QED) is 0.570. The van der Waals surface area contributed by atoms with Crippen molar-refractivity contribution in [2.24, 2.45) is 0 Å². The van der Waals surface area contributed by atoms with Crippen LogP contribution in [0, 0.1) is 0 Å². The molecule has 1 amide bonds. The first-order chi connectivity index (χ1) is 13.2. The van der Waals surface area contributed by atoms with Gasteiger partial charge in [0.15, 0.2) is 5.65 Å². The molecule has 0 saturated carbocycles. The molecule has 6 nitrogen and oxygen atoms in total. The zero-order valence-corrected chi connectivity index (χ0v) is 14.9. The molecule has 4 rings (SSSR count). The van der Waals surface area contributed by atoms with Crippen LogP contribution in [0.15, 0.2) is 72.9 Å². The van der Waals surface area contributed by atoms with E-state index in [9.17, 15) is 4.79 Å². The predicted octanol–water partition coefficient (Wildman–Crippen LogP) is 3.78. The molecule has 6 heteroatoms. The van der Waals surface area contributed by atoms with Gasteiger partial charge in [-0.15, -0.1) is 5.10 Å². The molecule has 0 saturated heterocycles. The molecule has 2 N–H and O–H groups in total. The van der Waals surface area contributed by atoms with Crippen molar-refractivity contribution >= 4 is 23.2 Å². The first kappa shape index (κ1) is 16.8. The van der Waals surface area contributed by atoms with Gasteiger partial charge in [-0.3, -0.25) is 4.79 Å². The Hall–Kier alpha value is -3.67. The fourth-order valence-electron chi connectivity index (χ4n) is 2.86. The van der Waals surface area contributed by atoms with Crippen molar-refractivity contribution in [1.82, 2.24) is 19.9 Å². The van der Waals surface area contributed by atoms with Crippen molar-refractivity contribution in [1.29, 1.82) is 0 Å². The summed E-state index contributed by atoms with van der Waals surface area (Å²) < 4.78 is 1.77. The number of nitrogens with zero attached hydrogens (tertiary/aromatic N) is 3. The lowest BCUT2D eigenvalue weighted by atomic mass is 10.1. The second kappa shape index (κ2) is 7.29. The molecule has 2 heterocycles. The Kier molecular flexibility index (Phi) is 4.53. The third-order valence-electron chi connectivity index (χ3n) is 4.20. The Labute approximate surface area is 156 Å². The van der Waals surface area contributed by atoms with Crippen molar-refractivity contribution in [3.63, 3.8) is 0 Å². The lowest BCUT2D eigenvalue weighted by Gasteiger charge is -2.06. The molecule has 2 aromatic heterocycles. The van der Waals surface area contributed by atoms with Gasteiger partial charge in [0.05, 0.1) is 0 Å². The number of benzene rings is 2. The lowest BCUT2D eigenvalue weighted by Crippen LogP contribution is -2.18. The number of anilines is 2. The Morgan fingerprint density at radius 3 is 2.52 bits per heavy atom. The number of nitrogens with one attached hydrogen (secondary N) is 2. The van der Waals surface area contributed by atoms with E-state index in [4.69, 9.17) is 0 Å². The van der Waals surface area contributed by atoms with E-state index >= 15 is 0 Å². The maximum atomic E-state index is 11.1. The van der Waals surface area contributed by atoms with Gasteiger partial charge in [-0.25, -0.2) is 4.52 Å². The Morgan fingerprint density at radius 1 is 1.00 bits per heavy atom. The molecule has 0 radical (unpaired) electrons. The van der Waals surface area contributed by atoms with Crippen LogP contribution >= 0.6 is 0 Å². The van der Waals surface area contributed by atoms with E-state index in [-0.39, 0.29) is 5.91 Å². The molecule has 0 aliphatic carbocycles. The van der Waals surface area contributed by atoms with Crippen molar-refractivity contribution < 1.29 is 4.79 Å². The minimum atomic E-state index is -0.0363. The Bertz CT molecular complexity index is 1070. The van der Waals surface area contributed by atoms with Crippen LogP contribution in [-0.4, -0.2) is 20.5 Å². The fourth-order valence-corrected chi connectivity index (χ4v) is 2.86. The van der Waals surface area contributed by atoms with Crippen LogP contribution in [-0.2, 0) is 11.3 Å². The summed E-state index contributed by atoms with van der Waals surface area (Å²) in [7, 11) is 0. The van der Waals surface area contributed by atoms with Crippen LogP contribution in [0.1, 0.15) is 12.5 Å². The molecule has 134 valence electrons. The van der Waals surface area contributed by atoms with Crippen LogP contribution in [0.5, 0.6) is 0 Å². The minimum Gasteiger partial charge on any atom is -0.352 e. The van der Waals surface area contributed by atoms with Crippen molar-refractivity contribution in [2.75, 3.05) is 5.32 Å². The fraction of sp³-hybridized carbons (Fsp3) is 0.0952. The van der Waals surface area contributed by atoms with Gasteiger partial charge in [-0.1, -0.05) is 42.5 Å². The third-order valence-corrected chi connectivity index (χ3v) is 4.20. The maximum Gasteiger partial charge on any atom is 0.247 e. The van der Waals surface area contributed by atoms with Crippen LogP contribution in [0.25, 0.3) is 16.8 Å². The summed E-state index contributed by atoms with van der Waals surface area (Å²) in [6.07, 6.45) is 1.88. The molecule has 2 aromatic carbocycles. The summed E-state index contributed by atoms with van der Waals surface area (Å²) in [5.74, 6) is 0.515. The highest BCUT2D eigenvalue weighted by Gasteiger charge is 2.10. The van der Waals surface area contributed by atoms with Gasteiger partial charge in [0.25, 0.3) is 0 Å². The topological polar surface area (TPSA) is 71.3 Å². The highest BCUT2D eigenvalue weighted by molar-refractivity contribution is 5.78. The average Bonchev–Trinajstić information content (AvgIpc) is 3.10. The number of amides is 1. The number of aromatic nitrogens is 3. The van der Waals surface area contributed by atoms with Crippen molar-refractivity contribution in [2.45, 2.75) is 13.5 Å². The summed E-state index contributed by atoms with van der Waals surface area (Å²) in [6, 6.07) is 21.9. The van der Waals surface area contributed by atoms with Crippen molar-refractivity contribution in [3.05, 3.63) is 78.5 Å². The molecule has 0 spiro atoms. The molecule has 0 unspecified atom stereocenters. The second-order valence-corrected chi connectivity index (χ2v) is 6.22. The van der Waals surface area contributed by atoms with Crippen LogP contribution < -0.4 is 10.6 Å². The molecule has 0 bridgehead atoms. The molecule has 4 aromatic rings. The summed E-state index contributed by atoms with van der Waals surface area (Å²) >= 11 is 0. The number of carbonyl (C=O) groups is 1. The molecular weight excluding hydrogens is 338 g/mol. The number of para-hydroxylation sites is 1. The zero-order valence-electron chi connectivity index (χ0n) is 14.9. The van der Waals surface area contributed by atoms with Gasteiger partial charge in [0.2, 0.25) is 11.9 Å². The molecular formula is C21H19N5O. The second-order valence-electron chi connectivity index (χ2n) is 6.22. The van der Waals surface area contributed by atoms with Crippen LogP contribution in [0.3, 0.4) is 0 Å². The average molecular weight is 357 g/mol. The maximum absolute atomic E-state index is 11.1. The van der Waals surface area contributed by atoms with Crippen LogP contribution in [0.2, 0.25) is 0 Å². The lowest BCUT2D eigenvalue weighted by molar-refractivity contribution is -0.119. The number of hydrogen-bond donors (Lipinski definition) is 2. The van der Waals surface area contributed by atoms with Crippen LogP contribution in [0.4, 0.5) is 11.6 Å². The zero-order chi connectivity index (χ0) is 18.6. The summed E-state index contributed by atoms with van der Waals surface area (Å²) in [6.45, 7) is 2.04. The van der Waals surface area contributed by atoms with Gasteiger partial charge < -0.3 is 10.6 Å². The largest absolute Gasteiger partial charge is 0.352 e. The van der Waals surface area contributed by atoms with E-state index in [1.54, 1.807) is 4.52 Å². The first-order valence-corrected chi connectivity index (χ1v) is 8.70. The van der Waals surface area contributed by atoms with Crippen molar-refractivity contribution in [3.8, 4) is 11.1 Å². The van der Waals surface area contributed by atoms with E-state index in [0.29, 0.717) is 12.5 Å². The third kappa shape index (κ3) is 3.79. The summed E-state index contributed by atoms with van der Waals surface area (Å²) in [5, 5.41) is 10.5. The summed E-state index contributed by atoms with van der Waals surface area (Å²) in [4.78, 5) is 15.7. The number of rotatable bonds is 5. The van der Waals surface area contributed by atoms with Gasteiger partial charge in [0, 0.05) is 30.9 Å². The standard InChI is InChI=1S/C21H19N5O/c1-15(27)22-14-16-9-11-17(12-10-16)19-8-5-13-26-20(19)24-21(25-26)23-18-6-3-2-4-7-18/h2-13H,14H2,1H3,(H,22,27)(H,23,25). The van der Waals surface area contributed by atoms with E-state index in [1.165, 1.54) is 6.92 Å². The van der Waals surface area contributed by atoms with E-state index < -0.39 is 0 Å². The summed E-state index contributed by atoms with van der Waals surface area (Å²) in [5.41, 5.74) is 4.82. The van der Waals surface area contributed by atoms with E-state index in [1.807, 2.05) is 72.9 Å². The van der Waals surface area contributed by atoms with Gasteiger partial charge in [0.1, 0.15) is 0 Å². The number of hydrogen-bond acceptors (Lipinski definition) is 4. The van der Waals surface area contributed by atoms with E-state index in [2.05, 4.69) is 20.7 Å². The smallest absolute Gasteiger partial charge is 0.247 e. The normalized spacial score (nSPS) is 10.7. The SMILES string of the molecule is CC(=O)NCc1ccc(-c2cccn3nc(Nc4ccccc4)nc23)cc1. The highest BCUT2D eigenvalue weighted by Crippen LogP contribution is 2.25.